The van der Waals surface area contributed by atoms with E-state index in [1.54, 1.807) is 6.92 Å². The van der Waals surface area contributed by atoms with Crippen molar-refractivity contribution in [3.8, 4) is 0 Å². The zero-order valence-corrected chi connectivity index (χ0v) is 14.6. The van der Waals surface area contributed by atoms with Crippen LogP contribution >= 0.6 is 11.3 Å². The fraction of sp³-hybridized carbons (Fsp3) is 0.353. The number of ether oxygens (including phenoxy) is 1. The Hall–Kier alpha value is -2.21. The number of carbonyl (C=O) groups excluding carboxylic acids is 2. The number of hydrogen-bond acceptors (Lipinski definition) is 5. The molecule has 0 saturated heterocycles. The van der Waals surface area contributed by atoms with E-state index in [4.69, 9.17) is 4.74 Å². The molecule has 0 spiro atoms. The number of amides is 1. The highest BCUT2D eigenvalue weighted by Gasteiger charge is 2.23. The molecule has 0 aliphatic rings. The molecule has 0 saturated carbocycles. The van der Waals surface area contributed by atoms with Crippen LogP contribution in [0.1, 0.15) is 31.5 Å². The molecule has 0 radical (unpaired) electrons. The Balaban J connectivity index is 2.30. The van der Waals surface area contributed by atoms with Gasteiger partial charge in [-0.05, 0) is 31.9 Å². The van der Waals surface area contributed by atoms with Crippen LogP contribution in [0.5, 0.6) is 0 Å². The van der Waals surface area contributed by atoms with Crippen LogP contribution in [-0.4, -0.2) is 35.4 Å². The minimum Gasteiger partial charge on any atom is -0.468 e. The van der Waals surface area contributed by atoms with E-state index in [2.05, 4.69) is 4.98 Å². The summed E-state index contributed by atoms with van der Waals surface area (Å²) in [7, 11) is 1.32. The van der Waals surface area contributed by atoms with Crippen molar-refractivity contribution < 1.29 is 14.3 Å². The molecule has 6 heteroatoms. The molecule has 23 heavy (non-hydrogen) atoms. The maximum absolute atomic E-state index is 12.8. The third-order valence-corrected chi connectivity index (χ3v) is 4.62. The van der Waals surface area contributed by atoms with Crippen LogP contribution in [0.25, 0.3) is 0 Å². The lowest BCUT2D eigenvalue weighted by molar-refractivity contribution is -0.141. The van der Waals surface area contributed by atoms with Crippen molar-refractivity contribution in [2.45, 2.75) is 27.3 Å². The highest BCUT2D eigenvalue weighted by Crippen LogP contribution is 2.21. The lowest BCUT2D eigenvalue weighted by Gasteiger charge is -2.22. The first-order valence-corrected chi connectivity index (χ1v) is 8.08. The van der Waals surface area contributed by atoms with Gasteiger partial charge in [0.1, 0.15) is 11.4 Å². The predicted molar refractivity (Wildman–Crippen MR) is 89.5 cm³/mol. The van der Waals surface area contributed by atoms with Gasteiger partial charge in [0.2, 0.25) is 0 Å². The summed E-state index contributed by atoms with van der Waals surface area (Å²) in [5.74, 6) is -0.632. The van der Waals surface area contributed by atoms with Crippen LogP contribution in [0.2, 0.25) is 0 Å². The fourth-order valence-corrected chi connectivity index (χ4v) is 3.17. The molecular weight excluding hydrogens is 312 g/mol. The van der Waals surface area contributed by atoms with Gasteiger partial charge in [0.05, 0.1) is 17.8 Å². The zero-order chi connectivity index (χ0) is 17.0. The number of benzene rings is 1. The SMILES string of the molecule is COC(=O)CN(Cc1ccccc1C)C(=O)c1sc(C)nc1C. The van der Waals surface area contributed by atoms with Gasteiger partial charge in [-0.25, -0.2) is 4.98 Å². The van der Waals surface area contributed by atoms with Crippen molar-refractivity contribution in [1.29, 1.82) is 0 Å². The third-order valence-electron chi connectivity index (χ3n) is 3.56. The second-order valence-electron chi connectivity index (χ2n) is 5.31. The van der Waals surface area contributed by atoms with Crippen molar-refractivity contribution in [2.75, 3.05) is 13.7 Å². The molecule has 0 atom stereocenters. The first-order chi connectivity index (χ1) is 10.9. The average Bonchev–Trinajstić information content (AvgIpc) is 2.86. The summed E-state index contributed by atoms with van der Waals surface area (Å²) in [6.07, 6.45) is 0. The van der Waals surface area contributed by atoms with Crippen molar-refractivity contribution in [1.82, 2.24) is 9.88 Å². The quantitative estimate of drug-likeness (QED) is 0.790. The van der Waals surface area contributed by atoms with Crippen LogP contribution in [0, 0.1) is 20.8 Å². The average molecular weight is 332 g/mol. The maximum atomic E-state index is 12.8. The van der Waals surface area contributed by atoms with Crippen LogP contribution in [-0.2, 0) is 16.1 Å². The lowest BCUT2D eigenvalue weighted by Crippen LogP contribution is -2.35. The Labute approximate surface area is 139 Å². The Morgan fingerprint density at radius 2 is 1.91 bits per heavy atom. The molecule has 2 aromatic rings. The number of esters is 1. The predicted octanol–water partition coefficient (Wildman–Crippen LogP) is 2.88. The molecule has 1 amide bonds. The minimum absolute atomic E-state index is 0.0833. The second-order valence-corrected chi connectivity index (χ2v) is 6.51. The van der Waals surface area contributed by atoms with E-state index in [9.17, 15) is 9.59 Å². The van der Waals surface area contributed by atoms with Gasteiger partial charge in [0.25, 0.3) is 5.91 Å². The number of methoxy groups -OCH3 is 1. The van der Waals surface area contributed by atoms with Gasteiger partial charge in [-0.2, -0.15) is 0 Å². The minimum atomic E-state index is -0.439. The summed E-state index contributed by atoms with van der Waals surface area (Å²) in [4.78, 5) is 30.9. The molecule has 1 heterocycles. The van der Waals surface area contributed by atoms with Crippen molar-refractivity contribution in [3.05, 3.63) is 51.0 Å². The molecule has 0 aliphatic carbocycles. The van der Waals surface area contributed by atoms with Crippen LogP contribution in [0.15, 0.2) is 24.3 Å². The summed E-state index contributed by atoms with van der Waals surface area (Å²) in [5, 5.41) is 0.833. The van der Waals surface area contributed by atoms with E-state index in [1.165, 1.54) is 23.3 Å². The van der Waals surface area contributed by atoms with E-state index in [-0.39, 0.29) is 12.5 Å². The van der Waals surface area contributed by atoms with Gasteiger partial charge in [-0.15, -0.1) is 11.3 Å². The van der Waals surface area contributed by atoms with Crippen molar-refractivity contribution in [2.24, 2.45) is 0 Å². The summed E-state index contributed by atoms with van der Waals surface area (Å²) < 4.78 is 4.73. The monoisotopic (exact) mass is 332 g/mol. The van der Waals surface area contributed by atoms with E-state index in [1.807, 2.05) is 38.1 Å². The molecule has 5 nitrogen and oxygen atoms in total. The fourth-order valence-electron chi connectivity index (χ4n) is 2.29. The first-order valence-electron chi connectivity index (χ1n) is 7.27. The second kappa shape index (κ2) is 7.37. The van der Waals surface area contributed by atoms with Gasteiger partial charge in [-0.3, -0.25) is 9.59 Å². The first kappa shape index (κ1) is 17.1. The van der Waals surface area contributed by atoms with Gasteiger partial charge >= 0.3 is 5.97 Å². The molecule has 0 aliphatic heterocycles. The number of thiazole rings is 1. The molecule has 0 fully saturated rings. The molecule has 2 rings (SSSR count). The Morgan fingerprint density at radius 3 is 2.48 bits per heavy atom. The molecule has 0 bridgehead atoms. The third kappa shape index (κ3) is 4.16. The van der Waals surface area contributed by atoms with Crippen molar-refractivity contribution >= 4 is 23.2 Å². The summed E-state index contributed by atoms with van der Waals surface area (Å²) in [6.45, 7) is 5.93. The van der Waals surface area contributed by atoms with Crippen LogP contribution in [0.3, 0.4) is 0 Å². The Bertz CT molecular complexity index is 724. The molecule has 0 N–H and O–H groups in total. The lowest BCUT2D eigenvalue weighted by atomic mass is 10.1. The molecule has 1 aromatic carbocycles. The smallest absolute Gasteiger partial charge is 0.325 e. The normalized spacial score (nSPS) is 10.4. The van der Waals surface area contributed by atoms with E-state index < -0.39 is 5.97 Å². The van der Waals surface area contributed by atoms with E-state index in [0.717, 1.165) is 16.1 Å². The van der Waals surface area contributed by atoms with Gasteiger partial charge in [-0.1, -0.05) is 24.3 Å². The van der Waals surface area contributed by atoms with Crippen LogP contribution < -0.4 is 0 Å². The van der Waals surface area contributed by atoms with Gasteiger partial charge < -0.3 is 9.64 Å². The van der Waals surface area contributed by atoms with E-state index in [0.29, 0.717) is 17.1 Å². The number of aryl methyl sites for hydroxylation is 3. The number of aromatic nitrogens is 1. The number of rotatable bonds is 5. The Kier molecular flexibility index (Phi) is 5.50. The van der Waals surface area contributed by atoms with Crippen LogP contribution in [0.4, 0.5) is 0 Å². The number of hydrogen-bond donors (Lipinski definition) is 0. The van der Waals surface area contributed by atoms with E-state index >= 15 is 0 Å². The maximum Gasteiger partial charge on any atom is 0.325 e. The highest BCUT2D eigenvalue weighted by atomic mass is 32.1. The number of carbonyl (C=O) groups is 2. The summed E-state index contributed by atoms with van der Waals surface area (Å²) in [6, 6.07) is 7.81. The largest absolute Gasteiger partial charge is 0.468 e. The summed E-state index contributed by atoms with van der Waals surface area (Å²) in [5.41, 5.74) is 2.77. The summed E-state index contributed by atoms with van der Waals surface area (Å²) >= 11 is 1.35. The van der Waals surface area contributed by atoms with Gasteiger partial charge in [0.15, 0.2) is 0 Å². The Morgan fingerprint density at radius 1 is 1.22 bits per heavy atom. The topological polar surface area (TPSA) is 59.5 Å². The molecule has 0 unspecified atom stereocenters. The highest BCUT2D eigenvalue weighted by molar-refractivity contribution is 7.13. The molecular formula is C17H20N2O3S. The molecule has 1 aromatic heterocycles. The molecule has 122 valence electrons. The van der Waals surface area contributed by atoms with Gasteiger partial charge in [0, 0.05) is 6.54 Å². The van der Waals surface area contributed by atoms with Crippen molar-refractivity contribution in [3.63, 3.8) is 0 Å². The number of nitrogens with zero attached hydrogens (tertiary/aromatic N) is 2. The zero-order valence-electron chi connectivity index (χ0n) is 13.8. The standard InChI is InChI=1S/C17H20N2O3S/c1-11-7-5-6-8-14(11)9-19(10-15(20)22-4)17(21)16-12(2)18-13(3)23-16/h5-8H,9-10H2,1-4H3.